The number of piperazine rings is 1. The van der Waals surface area contributed by atoms with E-state index in [-0.39, 0.29) is 17.9 Å². The smallest absolute Gasteiger partial charge is 0.246 e. The number of benzene rings is 2. The molecule has 1 aliphatic carbocycles. The summed E-state index contributed by atoms with van der Waals surface area (Å²) < 4.78 is 0. The van der Waals surface area contributed by atoms with Gasteiger partial charge in [0.25, 0.3) is 0 Å². The van der Waals surface area contributed by atoms with Crippen LogP contribution in [0.2, 0.25) is 0 Å². The van der Waals surface area contributed by atoms with Crippen molar-refractivity contribution in [3.63, 3.8) is 0 Å². The van der Waals surface area contributed by atoms with Crippen molar-refractivity contribution in [2.75, 3.05) is 19.6 Å². The van der Waals surface area contributed by atoms with Crippen molar-refractivity contribution in [1.82, 2.24) is 15.1 Å². The van der Waals surface area contributed by atoms with Crippen LogP contribution in [0, 0.1) is 5.92 Å². The Bertz CT molecular complexity index is 1090. The van der Waals surface area contributed by atoms with Crippen LogP contribution < -0.4 is 5.32 Å². The molecule has 0 aromatic heterocycles. The number of amides is 2. The molecule has 2 atom stereocenters. The molecule has 2 amide bonds. The number of aliphatic hydroxyl groups is 1. The Labute approximate surface area is 233 Å². The van der Waals surface area contributed by atoms with Gasteiger partial charge in [-0.05, 0) is 48.3 Å². The Kier molecular flexibility index (Phi) is 9.03. The maximum atomic E-state index is 13.8. The largest absolute Gasteiger partial charge is 0.384 e. The van der Waals surface area contributed by atoms with E-state index in [9.17, 15) is 14.7 Å². The normalized spacial score (nSPS) is 23.1. The summed E-state index contributed by atoms with van der Waals surface area (Å²) in [4.78, 5) is 31.8. The fourth-order valence-corrected chi connectivity index (χ4v) is 6.90. The maximum Gasteiger partial charge on any atom is 0.246 e. The zero-order valence-electron chi connectivity index (χ0n) is 23.5. The molecule has 1 saturated carbocycles. The predicted octanol–water partition coefficient (Wildman–Crippen LogP) is 5.20. The van der Waals surface area contributed by atoms with Crippen LogP contribution in [0.3, 0.4) is 0 Å². The quantitative estimate of drug-likeness (QED) is 0.467. The second-order valence-corrected chi connectivity index (χ2v) is 12.0. The maximum absolute atomic E-state index is 13.8. The van der Waals surface area contributed by atoms with Gasteiger partial charge in [-0.2, -0.15) is 0 Å². The van der Waals surface area contributed by atoms with Crippen LogP contribution in [0.4, 0.5) is 0 Å². The van der Waals surface area contributed by atoms with Crippen molar-refractivity contribution >= 4 is 11.8 Å². The molecular formula is C33H45N3O3. The zero-order valence-corrected chi connectivity index (χ0v) is 23.5. The van der Waals surface area contributed by atoms with E-state index in [1.54, 1.807) is 0 Å². The van der Waals surface area contributed by atoms with Crippen LogP contribution in [0.25, 0.3) is 0 Å². The first-order chi connectivity index (χ1) is 19.0. The fraction of sp³-hybridized carbons (Fsp3) is 0.576. The number of hydrogen-bond acceptors (Lipinski definition) is 4. The van der Waals surface area contributed by atoms with Crippen molar-refractivity contribution in [2.45, 2.75) is 95.4 Å². The summed E-state index contributed by atoms with van der Waals surface area (Å²) >= 11 is 0. The summed E-state index contributed by atoms with van der Waals surface area (Å²) in [7, 11) is 0. The summed E-state index contributed by atoms with van der Waals surface area (Å²) in [5.74, 6) is 0.768. The third kappa shape index (κ3) is 6.22. The van der Waals surface area contributed by atoms with Gasteiger partial charge in [0.1, 0.15) is 17.7 Å². The number of rotatable bonds is 9. The number of carbonyl (C=O) groups excluding carboxylic acids is 2. The molecule has 0 unspecified atom stereocenters. The molecule has 6 heteroatoms. The lowest BCUT2D eigenvalue weighted by Gasteiger charge is -2.52. The van der Waals surface area contributed by atoms with E-state index in [0.717, 1.165) is 50.0 Å². The standard InChI is InChI=1S/C33H45N3O3/c1-2-3-20-36-31(38)29(23-25-10-6-4-7-11-25)34-32(39)33(36)18-21-35(22-19-33)24-26-14-16-28(17-15-26)30(37)27-12-8-5-9-13-27/h5,8-9,12-17,25,29-30,37H,2-4,6-7,10-11,18-24H2,1H3,(H,34,39)/t29-,30-/m0/s1. The Morgan fingerprint density at radius 2 is 1.62 bits per heavy atom. The van der Waals surface area contributed by atoms with Crippen LogP contribution in [0.15, 0.2) is 54.6 Å². The highest BCUT2D eigenvalue weighted by Crippen LogP contribution is 2.36. The molecule has 3 fully saturated rings. The third-order valence-corrected chi connectivity index (χ3v) is 9.34. The Hall–Kier alpha value is -2.70. The molecule has 1 spiro atoms. The van der Waals surface area contributed by atoms with Gasteiger partial charge in [0.15, 0.2) is 0 Å². The van der Waals surface area contributed by atoms with Gasteiger partial charge in [0, 0.05) is 26.2 Å². The van der Waals surface area contributed by atoms with Crippen LogP contribution in [-0.2, 0) is 16.1 Å². The van der Waals surface area contributed by atoms with Crippen LogP contribution >= 0.6 is 0 Å². The number of hydrogen-bond donors (Lipinski definition) is 2. The first-order valence-corrected chi connectivity index (χ1v) is 15.2. The van der Waals surface area contributed by atoms with E-state index in [1.165, 1.54) is 37.7 Å². The summed E-state index contributed by atoms with van der Waals surface area (Å²) in [5, 5.41) is 13.9. The number of unbranched alkanes of at least 4 members (excludes halogenated alkanes) is 1. The molecule has 39 heavy (non-hydrogen) atoms. The van der Waals surface area contributed by atoms with Gasteiger partial charge in [-0.3, -0.25) is 14.5 Å². The molecule has 0 radical (unpaired) electrons. The molecule has 2 aromatic rings. The third-order valence-electron chi connectivity index (χ3n) is 9.34. The topological polar surface area (TPSA) is 72.9 Å². The number of nitrogens with one attached hydrogen (secondary N) is 1. The van der Waals surface area contributed by atoms with Gasteiger partial charge in [0.2, 0.25) is 11.8 Å². The van der Waals surface area contributed by atoms with Gasteiger partial charge in [-0.1, -0.05) is 100 Å². The molecular weight excluding hydrogens is 486 g/mol. The lowest BCUT2D eigenvalue weighted by molar-refractivity contribution is -0.162. The van der Waals surface area contributed by atoms with Crippen molar-refractivity contribution in [1.29, 1.82) is 0 Å². The number of piperidine rings is 1. The highest BCUT2D eigenvalue weighted by atomic mass is 16.3. The van der Waals surface area contributed by atoms with Gasteiger partial charge in [-0.25, -0.2) is 0 Å². The first kappa shape index (κ1) is 27.9. The molecule has 2 N–H and O–H groups in total. The Morgan fingerprint density at radius 3 is 2.28 bits per heavy atom. The first-order valence-electron chi connectivity index (χ1n) is 15.2. The number of aliphatic hydroxyl groups excluding tert-OH is 1. The van der Waals surface area contributed by atoms with E-state index in [2.05, 4.69) is 29.3 Å². The van der Waals surface area contributed by atoms with Crippen molar-refractivity contribution < 1.29 is 14.7 Å². The van der Waals surface area contributed by atoms with Crippen molar-refractivity contribution in [3.05, 3.63) is 71.3 Å². The Balaban J connectivity index is 1.21. The minimum Gasteiger partial charge on any atom is -0.384 e. The predicted molar refractivity (Wildman–Crippen MR) is 154 cm³/mol. The van der Waals surface area contributed by atoms with Crippen molar-refractivity contribution in [2.24, 2.45) is 5.92 Å². The van der Waals surface area contributed by atoms with Crippen LogP contribution in [-0.4, -0.2) is 57.9 Å². The van der Waals surface area contributed by atoms with Crippen LogP contribution in [0.5, 0.6) is 0 Å². The summed E-state index contributed by atoms with van der Waals surface area (Å²) in [6.45, 7) is 5.19. The van der Waals surface area contributed by atoms with E-state index in [0.29, 0.717) is 25.3 Å². The van der Waals surface area contributed by atoms with Crippen LogP contribution in [0.1, 0.15) is 93.9 Å². The molecule has 2 aliphatic heterocycles. The lowest BCUT2D eigenvalue weighted by atomic mass is 9.79. The van der Waals surface area contributed by atoms with E-state index < -0.39 is 11.6 Å². The number of likely N-dealkylation sites (tertiary alicyclic amines) is 1. The number of carbonyl (C=O) groups is 2. The minimum absolute atomic E-state index is 0.0675. The van der Waals surface area contributed by atoms with Crippen molar-refractivity contribution in [3.8, 4) is 0 Å². The summed E-state index contributed by atoms with van der Waals surface area (Å²) in [6.07, 6.45) is 9.61. The molecule has 2 heterocycles. The molecule has 5 rings (SSSR count). The summed E-state index contributed by atoms with van der Waals surface area (Å²) in [6, 6.07) is 17.5. The molecule has 6 nitrogen and oxygen atoms in total. The highest BCUT2D eigenvalue weighted by molar-refractivity contribution is 6.00. The second-order valence-electron chi connectivity index (χ2n) is 12.0. The molecule has 2 saturated heterocycles. The molecule has 210 valence electrons. The minimum atomic E-state index is -0.713. The SMILES string of the molecule is CCCCN1C(=O)[C@H](CC2CCCCC2)NC(=O)C12CCN(Cc1ccc([C@@H](O)c3ccccc3)cc1)CC2. The average Bonchev–Trinajstić information content (AvgIpc) is 2.98. The lowest BCUT2D eigenvalue weighted by Crippen LogP contribution is -2.73. The Morgan fingerprint density at radius 1 is 0.949 bits per heavy atom. The van der Waals surface area contributed by atoms with Gasteiger partial charge in [-0.15, -0.1) is 0 Å². The van der Waals surface area contributed by atoms with Gasteiger partial charge >= 0.3 is 0 Å². The molecule has 0 bridgehead atoms. The average molecular weight is 532 g/mol. The second kappa shape index (κ2) is 12.6. The monoisotopic (exact) mass is 531 g/mol. The molecule has 2 aromatic carbocycles. The van der Waals surface area contributed by atoms with Gasteiger partial charge in [0.05, 0.1) is 0 Å². The fourth-order valence-electron chi connectivity index (χ4n) is 6.90. The van der Waals surface area contributed by atoms with E-state index >= 15 is 0 Å². The zero-order chi connectivity index (χ0) is 27.2. The highest BCUT2D eigenvalue weighted by Gasteiger charge is 2.53. The van der Waals surface area contributed by atoms with E-state index in [4.69, 9.17) is 0 Å². The number of nitrogens with zero attached hydrogens (tertiary/aromatic N) is 2. The summed E-state index contributed by atoms with van der Waals surface area (Å²) in [5.41, 5.74) is 2.25. The van der Waals surface area contributed by atoms with E-state index in [1.807, 2.05) is 47.4 Å². The molecule has 3 aliphatic rings. The van der Waals surface area contributed by atoms with Gasteiger partial charge < -0.3 is 15.3 Å².